The third kappa shape index (κ3) is 2.08. The fourth-order valence-corrected chi connectivity index (χ4v) is 4.28. The number of nitrogens with one attached hydrogen (secondary N) is 1. The summed E-state index contributed by atoms with van der Waals surface area (Å²) in [6.45, 7) is 15.3. The highest BCUT2D eigenvalue weighted by molar-refractivity contribution is 5.84. The van der Waals surface area contributed by atoms with E-state index in [0.29, 0.717) is 11.9 Å². The standard InChI is InChI=1S/C16H29N3O/c1-15(2)13(16(15,3)4)14(20)19-8-5-12(11-19)18-9-6-17-7-10-18/h12-13,17H,5-11H2,1-4H3. The molecule has 3 aliphatic rings. The molecule has 2 heterocycles. The number of hydrogen-bond acceptors (Lipinski definition) is 3. The number of rotatable bonds is 2. The number of amides is 1. The van der Waals surface area contributed by atoms with Crippen LogP contribution in [0.25, 0.3) is 0 Å². The molecule has 1 aliphatic carbocycles. The van der Waals surface area contributed by atoms with Crippen LogP contribution in [-0.2, 0) is 4.79 Å². The van der Waals surface area contributed by atoms with E-state index in [4.69, 9.17) is 0 Å². The molecule has 1 atom stereocenters. The molecule has 114 valence electrons. The van der Waals surface area contributed by atoms with Gasteiger partial charge in [0.15, 0.2) is 0 Å². The van der Waals surface area contributed by atoms with Crippen LogP contribution in [0.3, 0.4) is 0 Å². The van der Waals surface area contributed by atoms with E-state index in [9.17, 15) is 4.79 Å². The van der Waals surface area contributed by atoms with Crippen molar-refractivity contribution in [2.45, 2.75) is 40.2 Å². The average Bonchev–Trinajstić information content (AvgIpc) is 2.76. The summed E-state index contributed by atoms with van der Waals surface area (Å²) in [5.41, 5.74) is 0.328. The van der Waals surface area contributed by atoms with E-state index in [-0.39, 0.29) is 16.7 Å². The fourth-order valence-electron chi connectivity index (χ4n) is 4.28. The molecule has 1 unspecified atom stereocenters. The largest absolute Gasteiger partial charge is 0.341 e. The van der Waals surface area contributed by atoms with Crippen LogP contribution in [0.15, 0.2) is 0 Å². The van der Waals surface area contributed by atoms with Crippen LogP contribution < -0.4 is 5.32 Å². The summed E-state index contributed by atoms with van der Waals surface area (Å²) in [7, 11) is 0. The molecule has 0 radical (unpaired) electrons. The summed E-state index contributed by atoms with van der Waals surface area (Å²) in [6, 6.07) is 0.589. The number of nitrogens with zero attached hydrogens (tertiary/aromatic N) is 2. The van der Waals surface area contributed by atoms with E-state index in [1.807, 2.05) is 0 Å². The van der Waals surface area contributed by atoms with E-state index in [2.05, 4.69) is 42.8 Å². The molecule has 0 bridgehead atoms. The van der Waals surface area contributed by atoms with E-state index in [0.717, 1.165) is 45.7 Å². The van der Waals surface area contributed by atoms with Gasteiger partial charge in [0, 0.05) is 51.2 Å². The Morgan fingerprint density at radius 1 is 1.05 bits per heavy atom. The van der Waals surface area contributed by atoms with Gasteiger partial charge in [-0.25, -0.2) is 0 Å². The van der Waals surface area contributed by atoms with Crippen LogP contribution >= 0.6 is 0 Å². The Balaban J connectivity index is 1.59. The van der Waals surface area contributed by atoms with Crippen molar-refractivity contribution in [3.05, 3.63) is 0 Å². The first-order valence-electron chi connectivity index (χ1n) is 8.09. The molecule has 0 aromatic carbocycles. The van der Waals surface area contributed by atoms with Crippen LogP contribution in [0.4, 0.5) is 0 Å². The number of carbonyl (C=O) groups excluding carboxylic acids is 1. The summed E-state index contributed by atoms with van der Waals surface area (Å²) in [5, 5.41) is 3.40. The highest BCUT2D eigenvalue weighted by atomic mass is 16.2. The van der Waals surface area contributed by atoms with Gasteiger partial charge in [0.25, 0.3) is 0 Å². The van der Waals surface area contributed by atoms with E-state index < -0.39 is 0 Å². The fraction of sp³-hybridized carbons (Fsp3) is 0.938. The summed E-state index contributed by atoms with van der Waals surface area (Å²) >= 11 is 0. The van der Waals surface area contributed by atoms with Gasteiger partial charge in [-0.2, -0.15) is 0 Å². The zero-order chi connectivity index (χ0) is 14.5. The highest BCUT2D eigenvalue weighted by Crippen LogP contribution is 2.68. The lowest BCUT2D eigenvalue weighted by molar-refractivity contribution is -0.133. The van der Waals surface area contributed by atoms with Gasteiger partial charge < -0.3 is 10.2 Å². The summed E-state index contributed by atoms with van der Waals surface area (Å²) < 4.78 is 0. The van der Waals surface area contributed by atoms with E-state index in [1.54, 1.807) is 0 Å². The van der Waals surface area contributed by atoms with Gasteiger partial charge in [0.2, 0.25) is 5.91 Å². The summed E-state index contributed by atoms with van der Waals surface area (Å²) in [4.78, 5) is 17.5. The molecule has 20 heavy (non-hydrogen) atoms. The number of hydrogen-bond donors (Lipinski definition) is 1. The number of piperazine rings is 1. The smallest absolute Gasteiger partial charge is 0.226 e. The molecular weight excluding hydrogens is 250 g/mol. The van der Waals surface area contributed by atoms with Crippen molar-refractivity contribution >= 4 is 5.91 Å². The normalized spacial score (nSPS) is 33.4. The first-order valence-corrected chi connectivity index (χ1v) is 8.09. The molecule has 4 heteroatoms. The van der Waals surface area contributed by atoms with Gasteiger partial charge in [-0.1, -0.05) is 27.7 Å². The van der Waals surface area contributed by atoms with Crippen molar-refractivity contribution < 1.29 is 4.79 Å². The van der Waals surface area contributed by atoms with Gasteiger partial charge in [-0.15, -0.1) is 0 Å². The monoisotopic (exact) mass is 279 g/mol. The Labute approximate surface area is 122 Å². The maximum absolute atomic E-state index is 12.8. The van der Waals surface area contributed by atoms with Crippen molar-refractivity contribution in [3.8, 4) is 0 Å². The van der Waals surface area contributed by atoms with Crippen molar-refractivity contribution in [2.24, 2.45) is 16.7 Å². The van der Waals surface area contributed by atoms with Crippen molar-refractivity contribution in [1.82, 2.24) is 15.1 Å². The molecule has 3 fully saturated rings. The van der Waals surface area contributed by atoms with Crippen molar-refractivity contribution in [3.63, 3.8) is 0 Å². The minimum Gasteiger partial charge on any atom is -0.341 e. The lowest BCUT2D eigenvalue weighted by Crippen LogP contribution is -2.49. The van der Waals surface area contributed by atoms with Gasteiger partial charge in [0.05, 0.1) is 0 Å². The summed E-state index contributed by atoms with van der Waals surface area (Å²) in [6.07, 6.45) is 1.15. The molecule has 1 amide bonds. The minimum atomic E-state index is 0.164. The Bertz CT molecular complexity index is 385. The average molecular weight is 279 g/mol. The van der Waals surface area contributed by atoms with Crippen LogP contribution in [0.5, 0.6) is 0 Å². The lowest BCUT2D eigenvalue weighted by atomic mass is 10.0. The van der Waals surface area contributed by atoms with Crippen molar-refractivity contribution in [1.29, 1.82) is 0 Å². The molecule has 3 rings (SSSR count). The zero-order valence-corrected chi connectivity index (χ0v) is 13.4. The van der Waals surface area contributed by atoms with Gasteiger partial charge in [0.1, 0.15) is 0 Å². The first-order chi connectivity index (χ1) is 9.35. The molecule has 4 nitrogen and oxygen atoms in total. The Morgan fingerprint density at radius 2 is 1.65 bits per heavy atom. The zero-order valence-electron chi connectivity index (χ0n) is 13.4. The van der Waals surface area contributed by atoms with Gasteiger partial charge in [-0.05, 0) is 17.3 Å². The summed E-state index contributed by atoms with van der Waals surface area (Å²) in [5.74, 6) is 0.620. The van der Waals surface area contributed by atoms with Crippen LogP contribution in [0, 0.1) is 16.7 Å². The minimum absolute atomic E-state index is 0.164. The molecular formula is C16H29N3O. The molecule has 0 aromatic rings. The number of likely N-dealkylation sites (tertiary alicyclic amines) is 1. The van der Waals surface area contributed by atoms with E-state index >= 15 is 0 Å². The predicted octanol–water partition coefficient (Wildman–Crippen LogP) is 1.17. The molecule has 2 aliphatic heterocycles. The second kappa shape index (κ2) is 4.70. The molecule has 0 aromatic heterocycles. The highest BCUT2D eigenvalue weighted by Gasteiger charge is 2.69. The van der Waals surface area contributed by atoms with Crippen LogP contribution in [-0.4, -0.2) is 61.0 Å². The molecule has 2 saturated heterocycles. The lowest BCUT2D eigenvalue weighted by Gasteiger charge is -2.32. The second-order valence-corrected chi connectivity index (χ2v) is 7.89. The van der Waals surface area contributed by atoms with Crippen LogP contribution in [0.1, 0.15) is 34.1 Å². The maximum Gasteiger partial charge on any atom is 0.226 e. The SMILES string of the molecule is CC1(C)C(C(=O)N2CCC(N3CCNCC3)C2)C1(C)C. The van der Waals surface area contributed by atoms with Gasteiger partial charge >= 0.3 is 0 Å². The maximum atomic E-state index is 12.8. The second-order valence-electron chi connectivity index (χ2n) is 7.89. The topological polar surface area (TPSA) is 35.6 Å². The van der Waals surface area contributed by atoms with Crippen LogP contribution in [0.2, 0.25) is 0 Å². The Morgan fingerprint density at radius 3 is 2.20 bits per heavy atom. The van der Waals surface area contributed by atoms with Gasteiger partial charge in [-0.3, -0.25) is 9.69 Å². The third-order valence-corrected chi connectivity index (χ3v) is 6.41. The first kappa shape index (κ1) is 14.3. The molecule has 1 saturated carbocycles. The molecule has 1 N–H and O–H groups in total. The Hall–Kier alpha value is -0.610. The van der Waals surface area contributed by atoms with Crippen molar-refractivity contribution in [2.75, 3.05) is 39.3 Å². The predicted molar refractivity (Wildman–Crippen MR) is 80.5 cm³/mol. The number of carbonyl (C=O) groups is 1. The quantitative estimate of drug-likeness (QED) is 0.824. The third-order valence-electron chi connectivity index (χ3n) is 6.41. The Kier molecular flexibility index (Phi) is 3.37. The van der Waals surface area contributed by atoms with E-state index in [1.165, 1.54) is 0 Å². The molecule has 0 spiro atoms.